The van der Waals surface area contributed by atoms with Crippen LogP contribution in [0.5, 0.6) is 0 Å². The molecule has 0 amide bonds. The molecule has 0 bridgehead atoms. The van der Waals surface area contributed by atoms with Crippen molar-refractivity contribution in [1.82, 2.24) is 4.72 Å². The molecule has 1 aliphatic carbocycles. The molecule has 0 spiro atoms. The van der Waals surface area contributed by atoms with Crippen LogP contribution in [-0.2, 0) is 10.0 Å². The van der Waals surface area contributed by atoms with Crippen LogP contribution < -0.4 is 4.72 Å². The summed E-state index contributed by atoms with van der Waals surface area (Å²) >= 11 is 5.32. The molecule has 3 nitrogen and oxygen atoms in total. The molecule has 8 heteroatoms. The summed E-state index contributed by atoms with van der Waals surface area (Å²) in [6, 6.07) is -0.387. The average molecular weight is 294 g/mol. The summed E-state index contributed by atoms with van der Waals surface area (Å²) in [6.45, 7) is 0. The number of nitrogens with one attached hydrogen (secondary N) is 1. The molecule has 1 rings (SSSR count). The lowest BCUT2D eigenvalue weighted by Gasteiger charge is -2.30. The van der Waals surface area contributed by atoms with Crippen LogP contribution in [0.4, 0.5) is 13.2 Å². The standard InChI is InChI=1S/C9H15ClF3NO2S/c10-5-6-17(15,16)14-8-3-1-7(2-4-8)9(11,12)13/h7-8,14H,1-6H2. The lowest BCUT2D eigenvalue weighted by atomic mass is 9.86. The van der Waals surface area contributed by atoms with Crippen molar-refractivity contribution in [2.24, 2.45) is 5.92 Å². The van der Waals surface area contributed by atoms with Gasteiger partial charge in [-0.05, 0) is 25.7 Å². The lowest BCUT2D eigenvalue weighted by molar-refractivity contribution is -0.182. The van der Waals surface area contributed by atoms with Crippen molar-refractivity contribution in [3.63, 3.8) is 0 Å². The number of alkyl halides is 4. The van der Waals surface area contributed by atoms with Crippen LogP contribution in [0.25, 0.3) is 0 Å². The zero-order chi connectivity index (χ0) is 13.1. The largest absolute Gasteiger partial charge is 0.391 e. The number of rotatable bonds is 4. The van der Waals surface area contributed by atoms with E-state index in [1.165, 1.54) is 0 Å². The third kappa shape index (κ3) is 5.01. The van der Waals surface area contributed by atoms with E-state index in [4.69, 9.17) is 11.6 Å². The van der Waals surface area contributed by atoms with Gasteiger partial charge in [0.2, 0.25) is 10.0 Å². The zero-order valence-corrected chi connectivity index (χ0v) is 10.7. The number of halogens is 4. The molecule has 0 aromatic rings. The van der Waals surface area contributed by atoms with Crippen LogP contribution in [0, 0.1) is 5.92 Å². The molecule has 1 fully saturated rings. The molecule has 0 unspecified atom stereocenters. The molecule has 0 atom stereocenters. The first kappa shape index (κ1) is 15.0. The summed E-state index contributed by atoms with van der Waals surface area (Å²) in [6.07, 6.45) is -3.74. The maximum Gasteiger partial charge on any atom is 0.391 e. The highest BCUT2D eigenvalue weighted by Gasteiger charge is 2.41. The van der Waals surface area contributed by atoms with Gasteiger partial charge in [-0.3, -0.25) is 0 Å². The van der Waals surface area contributed by atoms with Crippen LogP contribution in [-0.4, -0.2) is 32.3 Å². The quantitative estimate of drug-likeness (QED) is 0.808. The summed E-state index contributed by atoms with van der Waals surface area (Å²) in [5.74, 6) is -1.52. The van der Waals surface area contributed by atoms with Gasteiger partial charge in [-0.2, -0.15) is 13.2 Å². The summed E-state index contributed by atoms with van der Waals surface area (Å²) in [5, 5.41) is 0. The maximum absolute atomic E-state index is 12.4. The first-order valence-corrected chi connectivity index (χ1v) is 7.56. The van der Waals surface area contributed by atoms with Gasteiger partial charge in [0.25, 0.3) is 0 Å². The fraction of sp³-hybridized carbons (Fsp3) is 1.00. The molecule has 1 aliphatic rings. The Bertz CT molecular complexity index is 337. The molecule has 17 heavy (non-hydrogen) atoms. The summed E-state index contributed by atoms with van der Waals surface area (Å²) < 4.78 is 62.2. The summed E-state index contributed by atoms with van der Waals surface area (Å²) in [4.78, 5) is 0. The molecule has 1 saturated carbocycles. The molecule has 0 aliphatic heterocycles. The van der Waals surface area contributed by atoms with Gasteiger partial charge in [-0.25, -0.2) is 13.1 Å². The number of sulfonamides is 1. The van der Waals surface area contributed by atoms with E-state index < -0.39 is 22.1 Å². The molecular formula is C9H15ClF3NO2S. The van der Waals surface area contributed by atoms with E-state index in [9.17, 15) is 21.6 Å². The van der Waals surface area contributed by atoms with Crippen LogP contribution >= 0.6 is 11.6 Å². The van der Waals surface area contributed by atoms with Crippen molar-refractivity contribution < 1.29 is 21.6 Å². The predicted octanol–water partition coefficient (Wildman–Crippen LogP) is 2.27. The van der Waals surface area contributed by atoms with E-state index in [2.05, 4.69) is 4.72 Å². The van der Waals surface area contributed by atoms with Crippen LogP contribution in [0.15, 0.2) is 0 Å². The second-order valence-electron chi connectivity index (χ2n) is 4.22. The zero-order valence-electron chi connectivity index (χ0n) is 9.13. The number of hydrogen-bond donors (Lipinski definition) is 1. The highest BCUT2D eigenvalue weighted by atomic mass is 35.5. The van der Waals surface area contributed by atoms with Gasteiger partial charge in [0.05, 0.1) is 11.7 Å². The average Bonchev–Trinajstić information content (AvgIpc) is 2.16. The topological polar surface area (TPSA) is 46.2 Å². The fourth-order valence-corrected chi connectivity index (χ4v) is 3.63. The SMILES string of the molecule is O=S(=O)(CCCl)NC1CCC(C(F)(F)F)CC1. The Balaban J connectivity index is 2.43. The Morgan fingerprint density at radius 2 is 1.71 bits per heavy atom. The maximum atomic E-state index is 12.4. The minimum absolute atomic E-state index is 0.0163. The fourth-order valence-electron chi connectivity index (χ4n) is 1.95. The van der Waals surface area contributed by atoms with Crippen LogP contribution in [0.1, 0.15) is 25.7 Å². The number of hydrogen-bond acceptors (Lipinski definition) is 2. The molecule has 0 heterocycles. The lowest BCUT2D eigenvalue weighted by Crippen LogP contribution is -2.41. The van der Waals surface area contributed by atoms with Gasteiger partial charge in [0, 0.05) is 11.9 Å². The van der Waals surface area contributed by atoms with Crippen molar-refractivity contribution in [3.05, 3.63) is 0 Å². The Kier molecular flexibility index (Phi) is 5.09. The smallest absolute Gasteiger partial charge is 0.212 e. The molecule has 0 aromatic carbocycles. The van der Waals surface area contributed by atoms with Gasteiger partial charge < -0.3 is 0 Å². The molecule has 0 saturated heterocycles. The predicted molar refractivity (Wildman–Crippen MR) is 59.4 cm³/mol. The Labute approximate surface area is 104 Å². The third-order valence-electron chi connectivity index (χ3n) is 2.88. The van der Waals surface area contributed by atoms with Crippen molar-refractivity contribution in [1.29, 1.82) is 0 Å². The van der Waals surface area contributed by atoms with Crippen LogP contribution in [0.3, 0.4) is 0 Å². The second kappa shape index (κ2) is 5.75. The van der Waals surface area contributed by atoms with Gasteiger partial charge in [0.15, 0.2) is 0 Å². The third-order valence-corrected chi connectivity index (χ3v) is 4.73. The van der Waals surface area contributed by atoms with Crippen molar-refractivity contribution in [3.8, 4) is 0 Å². The molecule has 0 aromatic heterocycles. The highest BCUT2D eigenvalue weighted by molar-refractivity contribution is 7.89. The molecule has 102 valence electrons. The van der Waals surface area contributed by atoms with Gasteiger partial charge in [-0.1, -0.05) is 0 Å². The van der Waals surface area contributed by atoms with Crippen molar-refractivity contribution in [2.45, 2.75) is 37.9 Å². The minimum Gasteiger partial charge on any atom is -0.212 e. The van der Waals surface area contributed by atoms with Gasteiger partial charge in [0.1, 0.15) is 0 Å². The van der Waals surface area contributed by atoms with Crippen molar-refractivity contribution in [2.75, 3.05) is 11.6 Å². The molecule has 1 N–H and O–H groups in total. The monoisotopic (exact) mass is 293 g/mol. The Morgan fingerprint density at radius 3 is 2.12 bits per heavy atom. The first-order valence-electron chi connectivity index (χ1n) is 5.37. The van der Waals surface area contributed by atoms with Gasteiger partial charge in [-0.15, -0.1) is 11.6 Å². The molecular weight excluding hydrogens is 279 g/mol. The van der Waals surface area contributed by atoms with E-state index in [-0.39, 0.29) is 43.4 Å². The normalized spacial score (nSPS) is 27.1. The van der Waals surface area contributed by atoms with E-state index in [0.717, 1.165) is 0 Å². The summed E-state index contributed by atoms with van der Waals surface area (Å²) in [5.41, 5.74) is 0. The van der Waals surface area contributed by atoms with Crippen molar-refractivity contribution >= 4 is 21.6 Å². The molecule has 0 radical (unpaired) electrons. The first-order chi connectivity index (χ1) is 7.74. The highest BCUT2D eigenvalue weighted by Crippen LogP contribution is 2.37. The van der Waals surface area contributed by atoms with E-state index in [1.807, 2.05) is 0 Å². The minimum atomic E-state index is -4.17. The van der Waals surface area contributed by atoms with E-state index in [0.29, 0.717) is 0 Å². The van der Waals surface area contributed by atoms with E-state index >= 15 is 0 Å². The Morgan fingerprint density at radius 1 is 1.18 bits per heavy atom. The van der Waals surface area contributed by atoms with Gasteiger partial charge >= 0.3 is 6.18 Å². The van der Waals surface area contributed by atoms with E-state index in [1.54, 1.807) is 0 Å². The van der Waals surface area contributed by atoms with Crippen LogP contribution in [0.2, 0.25) is 0 Å². The Hall–Kier alpha value is -0.0100. The summed E-state index contributed by atoms with van der Waals surface area (Å²) in [7, 11) is -3.45. The second-order valence-corrected chi connectivity index (χ2v) is 6.47.